The molecule has 0 amide bonds. The Bertz CT molecular complexity index is 610. The number of hydrogen-bond acceptors (Lipinski definition) is 2. The predicted molar refractivity (Wildman–Crippen MR) is 77.5 cm³/mol. The highest BCUT2D eigenvalue weighted by molar-refractivity contribution is 6.35. The van der Waals surface area contributed by atoms with Gasteiger partial charge in [-0.1, -0.05) is 29.8 Å². The number of halogens is 1. The van der Waals surface area contributed by atoms with E-state index in [-0.39, 0.29) is 5.97 Å². The lowest BCUT2D eigenvalue weighted by Crippen LogP contribution is -2.28. The van der Waals surface area contributed by atoms with Gasteiger partial charge in [0, 0.05) is 11.6 Å². The van der Waals surface area contributed by atoms with Crippen molar-refractivity contribution in [3.8, 4) is 0 Å². The lowest BCUT2D eigenvalue weighted by molar-refractivity contribution is -0.158. The molecule has 0 aliphatic heterocycles. The fourth-order valence-electron chi connectivity index (χ4n) is 1.98. The highest BCUT2D eigenvalue weighted by Crippen LogP contribution is 2.29. The first kappa shape index (κ1) is 13.9. The Morgan fingerprint density at radius 2 is 1.95 bits per heavy atom. The minimum atomic E-state index is -0.488. The molecular weight excluding hydrogens is 262 g/mol. The Morgan fingerprint density at radius 3 is 2.58 bits per heavy atom. The number of carbonyl (C=O) groups is 1. The molecular formula is C15H18ClNO2. The molecule has 4 heteroatoms. The van der Waals surface area contributed by atoms with Crippen molar-refractivity contribution < 1.29 is 9.53 Å². The molecule has 0 saturated heterocycles. The molecule has 0 spiro atoms. The number of ether oxygens (including phenoxy) is 1. The molecule has 19 heavy (non-hydrogen) atoms. The maximum Gasteiger partial charge on any atom is 0.329 e. The van der Waals surface area contributed by atoms with Crippen LogP contribution in [-0.2, 0) is 9.53 Å². The van der Waals surface area contributed by atoms with Crippen molar-refractivity contribution in [2.75, 3.05) is 0 Å². The number of fused-ring (bicyclic) bond motifs is 1. The van der Waals surface area contributed by atoms with Crippen LogP contribution in [0.25, 0.3) is 10.9 Å². The van der Waals surface area contributed by atoms with Crippen LogP contribution in [0.5, 0.6) is 0 Å². The van der Waals surface area contributed by atoms with Gasteiger partial charge in [-0.15, -0.1) is 0 Å². The van der Waals surface area contributed by atoms with Crippen molar-refractivity contribution in [3.05, 3.63) is 35.5 Å². The summed E-state index contributed by atoms with van der Waals surface area (Å²) in [7, 11) is 0. The molecule has 0 saturated carbocycles. The zero-order valence-electron chi connectivity index (χ0n) is 11.6. The predicted octanol–water partition coefficient (Wildman–Crippen LogP) is 4.20. The molecule has 3 nitrogen and oxygen atoms in total. The second-order valence-electron chi connectivity index (χ2n) is 5.61. The third kappa shape index (κ3) is 2.92. The van der Waals surface area contributed by atoms with Crippen molar-refractivity contribution >= 4 is 28.5 Å². The Kier molecular flexibility index (Phi) is 3.59. The lowest BCUT2D eigenvalue weighted by atomic mass is 10.2. The van der Waals surface area contributed by atoms with E-state index in [0.29, 0.717) is 5.02 Å². The Hall–Kier alpha value is -1.48. The van der Waals surface area contributed by atoms with Gasteiger partial charge in [0.1, 0.15) is 11.6 Å². The second kappa shape index (κ2) is 4.89. The van der Waals surface area contributed by atoms with Crippen molar-refractivity contribution in [1.29, 1.82) is 0 Å². The van der Waals surface area contributed by atoms with Crippen molar-refractivity contribution in [3.63, 3.8) is 0 Å². The third-order valence-electron chi connectivity index (χ3n) is 2.86. The molecule has 0 N–H and O–H groups in total. The van der Waals surface area contributed by atoms with Gasteiger partial charge in [0.25, 0.3) is 0 Å². The summed E-state index contributed by atoms with van der Waals surface area (Å²) in [5.74, 6) is -0.259. The molecule has 2 aromatic rings. The van der Waals surface area contributed by atoms with Crippen LogP contribution >= 0.6 is 11.6 Å². The summed E-state index contributed by atoms with van der Waals surface area (Å²) in [4.78, 5) is 12.1. The van der Waals surface area contributed by atoms with Gasteiger partial charge >= 0.3 is 5.97 Å². The molecule has 1 atom stereocenters. The lowest BCUT2D eigenvalue weighted by Gasteiger charge is -2.23. The molecule has 1 heterocycles. The smallest absolute Gasteiger partial charge is 0.329 e. The molecule has 0 aliphatic rings. The van der Waals surface area contributed by atoms with Crippen molar-refractivity contribution in [2.45, 2.75) is 39.3 Å². The summed E-state index contributed by atoms with van der Waals surface area (Å²) < 4.78 is 7.26. The monoisotopic (exact) mass is 279 g/mol. The van der Waals surface area contributed by atoms with Crippen LogP contribution in [0.15, 0.2) is 30.5 Å². The number of para-hydroxylation sites is 1. The minimum Gasteiger partial charge on any atom is -0.458 e. The Morgan fingerprint density at radius 1 is 1.32 bits per heavy atom. The van der Waals surface area contributed by atoms with E-state index in [9.17, 15) is 4.79 Å². The first-order chi connectivity index (χ1) is 8.79. The fourth-order valence-corrected chi connectivity index (χ4v) is 2.25. The normalized spacial score (nSPS) is 13.5. The maximum atomic E-state index is 12.1. The minimum absolute atomic E-state index is 0.259. The summed E-state index contributed by atoms with van der Waals surface area (Å²) >= 11 is 6.19. The maximum absolute atomic E-state index is 12.1. The number of esters is 1. The van der Waals surface area contributed by atoms with Gasteiger partial charge < -0.3 is 9.30 Å². The van der Waals surface area contributed by atoms with E-state index in [1.54, 1.807) is 6.20 Å². The molecule has 1 aromatic heterocycles. The molecule has 2 rings (SSSR count). The largest absolute Gasteiger partial charge is 0.458 e. The Labute approximate surface area is 118 Å². The first-order valence-corrected chi connectivity index (χ1v) is 6.65. The number of benzene rings is 1. The zero-order chi connectivity index (χ0) is 14.2. The topological polar surface area (TPSA) is 31.2 Å². The first-order valence-electron chi connectivity index (χ1n) is 6.27. The zero-order valence-corrected chi connectivity index (χ0v) is 12.4. The second-order valence-corrected chi connectivity index (χ2v) is 6.02. The van der Waals surface area contributed by atoms with E-state index in [1.165, 1.54) is 0 Å². The summed E-state index contributed by atoms with van der Waals surface area (Å²) in [5, 5.41) is 1.59. The van der Waals surface area contributed by atoms with Crippen LogP contribution in [0.3, 0.4) is 0 Å². The number of nitrogens with zero attached hydrogens (tertiary/aromatic N) is 1. The highest BCUT2D eigenvalue weighted by atomic mass is 35.5. The summed E-state index contributed by atoms with van der Waals surface area (Å²) in [6.07, 6.45) is 1.78. The standard InChI is InChI=1S/C15H18ClNO2/c1-10(14(18)19-15(2,3)4)17-9-12(16)11-7-5-6-8-13(11)17/h5-10H,1-4H3. The molecule has 102 valence electrons. The third-order valence-corrected chi connectivity index (χ3v) is 3.16. The molecule has 0 bridgehead atoms. The molecule has 0 radical (unpaired) electrons. The quantitative estimate of drug-likeness (QED) is 0.772. The van der Waals surface area contributed by atoms with Crippen molar-refractivity contribution in [2.24, 2.45) is 0 Å². The molecule has 1 aromatic carbocycles. The van der Waals surface area contributed by atoms with Gasteiger partial charge in [-0.2, -0.15) is 0 Å². The van der Waals surface area contributed by atoms with Gasteiger partial charge in [-0.25, -0.2) is 4.79 Å². The summed E-state index contributed by atoms with van der Waals surface area (Å²) in [6.45, 7) is 7.39. The van der Waals surface area contributed by atoms with Crippen LogP contribution < -0.4 is 0 Å². The van der Waals surface area contributed by atoms with E-state index >= 15 is 0 Å². The van der Waals surface area contributed by atoms with Gasteiger partial charge in [0.2, 0.25) is 0 Å². The van der Waals surface area contributed by atoms with E-state index < -0.39 is 11.6 Å². The van der Waals surface area contributed by atoms with Gasteiger partial charge in [0.15, 0.2) is 0 Å². The van der Waals surface area contributed by atoms with Crippen LogP contribution in [0.1, 0.15) is 33.7 Å². The number of carbonyl (C=O) groups excluding carboxylic acids is 1. The van der Waals surface area contributed by atoms with Gasteiger partial charge in [-0.3, -0.25) is 0 Å². The summed E-state index contributed by atoms with van der Waals surface area (Å²) in [5.41, 5.74) is 0.448. The van der Waals surface area contributed by atoms with Gasteiger partial charge in [-0.05, 0) is 33.8 Å². The highest BCUT2D eigenvalue weighted by Gasteiger charge is 2.24. The van der Waals surface area contributed by atoms with E-state index in [4.69, 9.17) is 16.3 Å². The van der Waals surface area contributed by atoms with Crippen LogP contribution in [0.2, 0.25) is 5.02 Å². The van der Waals surface area contributed by atoms with E-state index in [0.717, 1.165) is 10.9 Å². The average Bonchev–Trinajstić information content (AvgIpc) is 2.64. The number of rotatable bonds is 2. The van der Waals surface area contributed by atoms with Crippen LogP contribution in [0.4, 0.5) is 0 Å². The SMILES string of the molecule is CC(C(=O)OC(C)(C)C)n1cc(Cl)c2ccccc21. The molecule has 0 aliphatic carbocycles. The fraction of sp³-hybridized carbons (Fsp3) is 0.400. The summed E-state index contributed by atoms with van der Waals surface area (Å²) in [6, 6.07) is 7.34. The number of aromatic nitrogens is 1. The Balaban J connectivity index is 2.37. The van der Waals surface area contributed by atoms with Crippen LogP contribution in [0, 0.1) is 0 Å². The molecule has 0 fully saturated rings. The van der Waals surface area contributed by atoms with E-state index in [2.05, 4.69) is 0 Å². The van der Waals surface area contributed by atoms with Crippen molar-refractivity contribution in [1.82, 2.24) is 4.57 Å². The number of hydrogen-bond donors (Lipinski definition) is 0. The van der Waals surface area contributed by atoms with Crippen LogP contribution in [-0.4, -0.2) is 16.1 Å². The van der Waals surface area contributed by atoms with Gasteiger partial charge in [0.05, 0.1) is 10.5 Å². The molecule has 1 unspecified atom stereocenters. The average molecular weight is 280 g/mol. The van der Waals surface area contributed by atoms with E-state index in [1.807, 2.05) is 56.5 Å².